The Kier molecular flexibility index (Phi) is 17.9. The van der Waals surface area contributed by atoms with Crippen LogP contribution in [-0.2, 0) is 19.1 Å². The normalized spacial score (nSPS) is 13.6. The number of carbonyl (C=O) groups excluding carboxylic acids is 2. The van der Waals surface area contributed by atoms with Gasteiger partial charge in [0.25, 0.3) is 0 Å². The highest BCUT2D eigenvalue weighted by Gasteiger charge is 2.29. The van der Waals surface area contributed by atoms with Crippen LogP contribution in [0.4, 0.5) is 0 Å². The van der Waals surface area contributed by atoms with Gasteiger partial charge in [0.2, 0.25) is 0 Å². The number of hydrogen-bond acceptors (Lipinski definition) is 4. The average Bonchev–Trinajstić information content (AvgIpc) is 2.71. The van der Waals surface area contributed by atoms with Crippen LogP contribution in [-0.4, -0.2) is 24.6 Å². The van der Waals surface area contributed by atoms with Crippen molar-refractivity contribution in [3.05, 3.63) is 0 Å². The zero-order valence-electron chi connectivity index (χ0n) is 21.6. The van der Waals surface area contributed by atoms with Crippen molar-refractivity contribution >= 4 is 11.9 Å². The molecule has 2 atom stereocenters. The van der Waals surface area contributed by atoms with Crippen molar-refractivity contribution in [2.45, 2.75) is 144 Å². The molecule has 0 aromatic carbocycles. The van der Waals surface area contributed by atoms with E-state index in [1.165, 1.54) is 51.4 Å². The molecule has 0 radical (unpaired) electrons. The van der Waals surface area contributed by atoms with Crippen LogP contribution in [0.5, 0.6) is 0 Å². The molecule has 0 aliphatic heterocycles. The minimum atomic E-state index is -0.279. The van der Waals surface area contributed by atoms with Crippen LogP contribution in [0.1, 0.15) is 138 Å². The molecule has 0 spiro atoms. The van der Waals surface area contributed by atoms with Crippen molar-refractivity contribution in [3.63, 3.8) is 0 Å². The van der Waals surface area contributed by atoms with Crippen LogP contribution in [0.3, 0.4) is 0 Å². The Morgan fingerprint density at radius 2 is 1.35 bits per heavy atom. The number of esters is 2. The first-order chi connectivity index (χ1) is 14.8. The van der Waals surface area contributed by atoms with Crippen molar-refractivity contribution in [3.8, 4) is 0 Å². The second-order valence-corrected chi connectivity index (χ2v) is 10.1. The van der Waals surface area contributed by atoms with Gasteiger partial charge in [-0.3, -0.25) is 9.59 Å². The highest BCUT2D eigenvalue weighted by Crippen LogP contribution is 2.31. The zero-order valence-corrected chi connectivity index (χ0v) is 21.6. The van der Waals surface area contributed by atoms with Crippen molar-refractivity contribution in [2.75, 3.05) is 6.61 Å². The fourth-order valence-electron chi connectivity index (χ4n) is 4.10. The monoisotopic (exact) mass is 440 g/mol. The van der Waals surface area contributed by atoms with E-state index in [-0.39, 0.29) is 29.4 Å². The molecule has 0 fully saturated rings. The molecule has 0 heterocycles. The highest BCUT2D eigenvalue weighted by molar-refractivity contribution is 5.73. The highest BCUT2D eigenvalue weighted by atomic mass is 16.5. The number of carbonyl (C=O) groups is 2. The molecule has 0 bridgehead atoms. The average molecular weight is 441 g/mol. The Labute approximate surface area is 193 Å². The van der Waals surface area contributed by atoms with Crippen molar-refractivity contribution in [1.29, 1.82) is 0 Å². The van der Waals surface area contributed by atoms with E-state index in [0.717, 1.165) is 32.1 Å². The van der Waals surface area contributed by atoms with Gasteiger partial charge in [0.05, 0.1) is 18.9 Å². The van der Waals surface area contributed by atoms with E-state index in [0.29, 0.717) is 19.4 Å². The van der Waals surface area contributed by atoms with E-state index in [1.54, 1.807) is 0 Å². The van der Waals surface area contributed by atoms with E-state index in [9.17, 15) is 9.59 Å². The van der Waals surface area contributed by atoms with Gasteiger partial charge in [-0.25, -0.2) is 0 Å². The van der Waals surface area contributed by atoms with E-state index in [1.807, 2.05) is 20.8 Å². The van der Waals surface area contributed by atoms with Crippen LogP contribution >= 0.6 is 0 Å². The van der Waals surface area contributed by atoms with Gasteiger partial charge in [-0.05, 0) is 37.5 Å². The molecular formula is C27H52O4. The van der Waals surface area contributed by atoms with Gasteiger partial charge >= 0.3 is 11.9 Å². The van der Waals surface area contributed by atoms with Crippen LogP contribution in [0.25, 0.3) is 0 Å². The van der Waals surface area contributed by atoms with Crippen molar-refractivity contribution in [2.24, 2.45) is 11.3 Å². The maximum atomic E-state index is 12.5. The number of hydrogen-bond donors (Lipinski definition) is 0. The first kappa shape index (κ1) is 29.9. The predicted molar refractivity (Wildman–Crippen MR) is 130 cm³/mol. The minimum Gasteiger partial charge on any atom is -0.466 e. The molecule has 0 aliphatic carbocycles. The fraction of sp³-hybridized carbons (Fsp3) is 0.926. The molecule has 0 saturated carbocycles. The molecule has 31 heavy (non-hydrogen) atoms. The summed E-state index contributed by atoms with van der Waals surface area (Å²) in [6, 6.07) is 0. The molecule has 184 valence electrons. The number of unbranched alkanes of at least 4 members (excludes halogenated alkanes) is 9. The van der Waals surface area contributed by atoms with E-state index in [2.05, 4.69) is 20.8 Å². The van der Waals surface area contributed by atoms with Gasteiger partial charge in [-0.2, -0.15) is 0 Å². The summed E-state index contributed by atoms with van der Waals surface area (Å²) in [7, 11) is 0. The van der Waals surface area contributed by atoms with Gasteiger partial charge < -0.3 is 9.47 Å². The first-order valence-electron chi connectivity index (χ1n) is 13.1. The smallest absolute Gasteiger partial charge is 0.308 e. The van der Waals surface area contributed by atoms with Crippen molar-refractivity contribution < 1.29 is 19.1 Å². The SMILES string of the molecule is CCCCCCCCCCOC(=O)CC(C)(C)CC(C)C(=O)OC(CC)CCCCC. The summed E-state index contributed by atoms with van der Waals surface area (Å²) in [5.41, 5.74) is -0.279. The molecule has 0 aromatic rings. The van der Waals surface area contributed by atoms with Crippen LogP contribution in [0.15, 0.2) is 0 Å². The molecule has 0 N–H and O–H groups in total. The number of ether oxygens (including phenoxy) is 2. The molecule has 0 aliphatic rings. The van der Waals surface area contributed by atoms with Crippen molar-refractivity contribution in [1.82, 2.24) is 0 Å². The Hall–Kier alpha value is -1.06. The molecular weight excluding hydrogens is 388 g/mol. The molecule has 4 heteroatoms. The third-order valence-corrected chi connectivity index (χ3v) is 6.01. The Morgan fingerprint density at radius 1 is 0.806 bits per heavy atom. The standard InChI is InChI=1S/C27H52O4/c1-7-10-12-13-14-15-16-18-20-30-25(28)22-27(5,6)21-23(4)26(29)31-24(9-3)19-17-11-8-2/h23-24H,7-22H2,1-6H3. The third kappa shape index (κ3) is 17.2. The summed E-state index contributed by atoms with van der Waals surface area (Å²) in [5.74, 6) is -0.501. The summed E-state index contributed by atoms with van der Waals surface area (Å²) in [6.45, 7) is 13.0. The van der Waals surface area contributed by atoms with Crippen LogP contribution in [0.2, 0.25) is 0 Å². The largest absolute Gasteiger partial charge is 0.466 e. The van der Waals surface area contributed by atoms with E-state index < -0.39 is 0 Å². The lowest BCUT2D eigenvalue weighted by atomic mass is 9.80. The number of rotatable bonds is 20. The van der Waals surface area contributed by atoms with Gasteiger partial charge in [0.15, 0.2) is 0 Å². The van der Waals surface area contributed by atoms with Gasteiger partial charge in [-0.1, -0.05) is 99.3 Å². The molecule has 0 aromatic heterocycles. The lowest BCUT2D eigenvalue weighted by Crippen LogP contribution is -2.28. The Morgan fingerprint density at radius 3 is 1.94 bits per heavy atom. The quantitative estimate of drug-likeness (QED) is 0.142. The van der Waals surface area contributed by atoms with Crippen LogP contribution in [0, 0.1) is 11.3 Å². The zero-order chi connectivity index (χ0) is 23.5. The summed E-state index contributed by atoms with van der Waals surface area (Å²) in [5, 5.41) is 0. The van der Waals surface area contributed by atoms with Gasteiger partial charge in [0.1, 0.15) is 6.10 Å². The summed E-state index contributed by atoms with van der Waals surface area (Å²) >= 11 is 0. The molecule has 0 amide bonds. The topological polar surface area (TPSA) is 52.6 Å². The van der Waals surface area contributed by atoms with Crippen LogP contribution < -0.4 is 0 Å². The molecule has 2 unspecified atom stereocenters. The van der Waals surface area contributed by atoms with E-state index >= 15 is 0 Å². The lowest BCUT2D eigenvalue weighted by Gasteiger charge is -2.27. The van der Waals surface area contributed by atoms with Gasteiger partial charge in [0, 0.05) is 0 Å². The fourth-order valence-corrected chi connectivity index (χ4v) is 4.10. The summed E-state index contributed by atoms with van der Waals surface area (Å²) < 4.78 is 11.2. The first-order valence-corrected chi connectivity index (χ1v) is 13.1. The maximum absolute atomic E-state index is 12.5. The predicted octanol–water partition coefficient (Wildman–Crippen LogP) is 8.01. The lowest BCUT2D eigenvalue weighted by molar-refractivity contribution is -0.156. The Bertz CT molecular complexity index is 458. The molecule has 4 nitrogen and oxygen atoms in total. The second kappa shape index (κ2) is 18.5. The van der Waals surface area contributed by atoms with E-state index in [4.69, 9.17) is 9.47 Å². The Balaban J connectivity index is 4.09. The summed E-state index contributed by atoms with van der Waals surface area (Å²) in [4.78, 5) is 24.8. The summed E-state index contributed by atoms with van der Waals surface area (Å²) in [6.07, 6.45) is 16.1. The second-order valence-electron chi connectivity index (χ2n) is 10.1. The molecule has 0 saturated heterocycles. The maximum Gasteiger partial charge on any atom is 0.308 e. The third-order valence-electron chi connectivity index (χ3n) is 6.01. The minimum absolute atomic E-state index is 0.0150. The van der Waals surface area contributed by atoms with Gasteiger partial charge in [-0.15, -0.1) is 0 Å². The molecule has 0 rings (SSSR count).